The fraction of sp³-hybridized carbons (Fsp3) is 0.611. The Balaban J connectivity index is 2.07. The third-order valence-electron chi connectivity index (χ3n) is 5.19. The molecule has 0 radical (unpaired) electrons. The van der Waals surface area contributed by atoms with E-state index in [1.165, 1.54) is 0 Å². The van der Waals surface area contributed by atoms with Crippen LogP contribution in [0.3, 0.4) is 0 Å². The van der Waals surface area contributed by atoms with Crippen LogP contribution in [0, 0.1) is 0 Å². The Kier molecular flexibility index (Phi) is 4.13. The van der Waals surface area contributed by atoms with Crippen LogP contribution in [0.15, 0.2) is 24.3 Å². The third kappa shape index (κ3) is 2.30. The average molecular weight is 303 g/mol. The predicted molar refractivity (Wildman–Crippen MR) is 84.9 cm³/mol. The summed E-state index contributed by atoms with van der Waals surface area (Å²) in [6, 6.07) is 8.25. The average Bonchev–Trinajstić information content (AvgIpc) is 2.58. The number of carbonyl (C=O) groups is 1. The fourth-order valence-electron chi connectivity index (χ4n) is 4.00. The summed E-state index contributed by atoms with van der Waals surface area (Å²) in [7, 11) is 3.61. The summed E-state index contributed by atoms with van der Waals surface area (Å²) in [5, 5.41) is 0. The molecule has 0 spiro atoms. The first-order chi connectivity index (χ1) is 10.6. The number of rotatable bonds is 3. The van der Waals surface area contributed by atoms with Crippen LogP contribution in [-0.4, -0.2) is 37.1 Å². The van der Waals surface area contributed by atoms with Gasteiger partial charge in [-0.1, -0.05) is 31.9 Å². The second-order valence-electron chi connectivity index (χ2n) is 6.35. The largest absolute Gasteiger partial charge is 0.497 e. The maximum absolute atomic E-state index is 12.5. The molecule has 1 heterocycles. The number of amides is 1. The van der Waals surface area contributed by atoms with Crippen LogP contribution >= 0.6 is 0 Å². The standard InChI is InChI=1S/C18H25NO3/c1-4-15-17(20)19(2)16-10-5-6-11-18(16,22-15)13-8-7-9-14(12-13)21-3/h7-9,12,15-16H,4-6,10-11H2,1-3H3/t15-,16-,18+/m1/s1. The number of fused-ring (bicyclic) bond motifs is 1. The molecule has 2 aliphatic rings. The number of likely N-dealkylation sites (N-methyl/N-ethyl adjacent to an activating group) is 1. The first-order valence-corrected chi connectivity index (χ1v) is 8.21. The summed E-state index contributed by atoms with van der Waals surface area (Å²) >= 11 is 0. The number of nitrogens with zero attached hydrogens (tertiary/aromatic N) is 1. The number of hydrogen-bond acceptors (Lipinski definition) is 3. The molecule has 1 amide bonds. The van der Waals surface area contributed by atoms with E-state index in [1.807, 2.05) is 31.0 Å². The molecule has 0 N–H and O–H groups in total. The van der Waals surface area contributed by atoms with Crippen molar-refractivity contribution in [2.75, 3.05) is 14.2 Å². The van der Waals surface area contributed by atoms with Crippen molar-refractivity contribution in [2.45, 2.75) is 56.8 Å². The lowest BCUT2D eigenvalue weighted by atomic mass is 9.73. The minimum absolute atomic E-state index is 0.114. The van der Waals surface area contributed by atoms with Crippen LogP contribution in [0.25, 0.3) is 0 Å². The van der Waals surface area contributed by atoms with Gasteiger partial charge in [0.15, 0.2) is 0 Å². The summed E-state index contributed by atoms with van der Waals surface area (Å²) in [4.78, 5) is 14.4. The Morgan fingerprint density at radius 2 is 2.23 bits per heavy atom. The summed E-state index contributed by atoms with van der Waals surface area (Å²) in [5.41, 5.74) is 0.741. The normalized spacial score (nSPS) is 31.8. The SMILES string of the molecule is CC[C@H]1O[C@]2(c3cccc(OC)c3)CCCC[C@H]2N(C)C1=O. The fourth-order valence-corrected chi connectivity index (χ4v) is 4.00. The van der Waals surface area contributed by atoms with Crippen molar-refractivity contribution in [3.8, 4) is 5.75 Å². The van der Waals surface area contributed by atoms with Gasteiger partial charge in [-0.2, -0.15) is 0 Å². The quantitative estimate of drug-likeness (QED) is 0.861. The molecular formula is C18H25NO3. The molecule has 2 fully saturated rings. The van der Waals surface area contributed by atoms with Crippen LogP contribution in [-0.2, 0) is 15.1 Å². The van der Waals surface area contributed by atoms with Crippen molar-refractivity contribution < 1.29 is 14.3 Å². The van der Waals surface area contributed by atoms with E-state index in [4.69, 9.17) is 9.47 Å². The second-order valence-corrected chi connectivity index (χ2v) is 6.35. The van der Waals surface area contributed by atoms with Gasteiger partial charge in [0.2, 0.25) is 0 Å². The summed E-state index contributed by atoms with van der Waals surface area (Å²) in [5.74, 6) is 0.959. The molecule has 1 saturated heterocycles. The lowest BCUT2D eigenvalue weighted by Gasteiger charge is -2.53. The molecule has 0 unspecified atom stereocenters. The maximum atomic E-state index is 12.5. The van der Waals surface area contributed by atoms with Crippen LogP contribution in [0.1, 0.15) is 44.6 Å². The zero-order valence-corrected chi connectivity index (χ0v) is 13.7. The van der Waals surface area contributed by atoms with E-state index in [0.717, 1.165) is 37.0 Å². The van der Waals surface area contributed by atoms with Crippen molar-refractivity contribution in [1.29, 1.82) is 0 Å². The number of benzene rings is 1. The Labute approximate surface area is 132 Å². The van der Waals surface area contributed by atoms with Gasteiger partial charge < -0.3 is 14.4 Å². The molecule has 1 aromatic carbocycles. The van der Waals surface area contributed by atoms with Gasteiger partial charge in [-0.15, -0.1) is 0 Å². The monoisotopic (exact) mass is 303 g/mol. The third-order valence-corrected chi connectivity index (χ3v) is 5.19. The van der Waals surface area contributed by atoms with Gasteiger partial charge in [0, 0.05) is 7.05 Å². The molecule has 1 aliphatic heterocycles. The summed E-state index contributed by atoms with van der Waals surface area (Å²) < 4.78 is 11.8. The first-order valence-electron chi connectivity index (χ1n) is 8.21. The van der Waals surface area contributed by atoms with E-state index in [1.54, 1.807) is 7.11 Å². The minimum Gasteiger partial charge on any atom is -0.497 e. The molecule has 120 valence electrons. The molecule has 4 nitrogen and oxygen atoms in total. The molecule has 1 saturated carbocycles. The molecule has 3 rings (SSSR count). The Hall–Kier alpha value is -1.55. The van der Waals surface area contributed by atoms with Gasteiger partial charge in [-0.3, -0.25) is 4.79 Å². The van der Waals surface area contributed by atoms with Gasteiger partial charge in [0.05, 0.1) is 13.2 Å². The Morgan fingerprint density at radius 1 is 1.41 bits per heavy atom. The summed E-state index contributed by atoms with van der Waals surface area (Å²) in [6.07, 6.45) is 4.60. The van der Waals surface area contributed by atoms with E-state index in [9.17, 15) is 4.79 Å². The van der Waals surface area contributed by atoms with E-state index in [0.29, 0.717) is 6.42 Å². The Bertz CT molecular complexity index is 559. The van der Waals surface area contributed by atoms with E-state index >= 15 is 0 Å². The number of carbonyl (C=O) groups excluding carboxylic acids is 1. The van der Waals surface area contributed by atoms with Crippen LogP contribution in [0.2, 0.25) is 0 Å². The highest BCUT2D eigenvalue weighted by atomic mass is 16.5. The molecule has 4 heteroatoms. The van der Waals surface area contributed by atoms with E-state index in [-0.39, 0.29) is 18.1 Å². The van der Waals surface area contributed by atoms with Crippen molar-refractivity contribution in [3.63, 3.8) is 0 Å². The van der Waals surface area contributed by atoms with Crippen molar-refractivity contribution in [1.82, 2.24) is 4.90 Å². The maximum Gasteiger partial charge on any atom is 0.251 e. The van der Waals surface area contributed by atoms with Crippen molar-refractivity contribution in [3.05, 3.63) is 29.8 Å². The number of morpholine rings is 1. The lowest BCUT2D eigenvalue weighted by molar-refractivity contribution is -0.210. The number of ether oxygens (including phenoxy) is 2. The molecular weight excluding hydrogens is 278 g/mol. The molecule has 1 aromatic rings. The van der Waals surface area contributed by atoms with Gasteiger partial charge >= 0.3 is 0 Å². The second kappa shape index (κ2) is 5.92. The highest BCUT2D eigenvalue weighted by Crippen LogP contribution is 2.47. The first kappa shape index (κ1) is 15.3. The van der Waals surface area contributed by atoms with Gasteiger partial charge in [-0.05, 0) is 37.0 Å². The summed E-state index contributed by atoms with van der Waals surface area (Å²) in [6.45, 7) is 2.01. The highest BCUT2D eigenvalue weighted by Gasteiger charge is 2.52. The van der Waals surface area contributed by atoms with Crippen LogP contribution < -0.4 is 4.74 Å². The Morgan fingerprint density at radius 3 is 2.95 bits per heavy atom. The molecule has 3 atom stereocenters. The number of methoxy groups -OCH3 is 1. The van der Waals surface area contributed by atoms with E-state index in [2.05, 4.69) is 12.1 Å². The minimum atomic E-state index is -0.393. The van der Waals surface area contributed by atoms with Crippen LogP contribution in [0.4, 0.5) is 0 Å². The smallest absolute Gasteiger partial charge is 0.251 e. The van der Waals surface area contributed by atoms with E-state index < -0.39 is 5.60 Å². The molecule has 1 aliphatic carbocycles. The molecule has 0 bridgehead atoms. The predicted octanol–water partition coefficient (Wildman–Crippen LogP) is 3.10. The van der Waals surface area contributed by atoms with Gasteiger partial charge in [-0.25, -0.2) is 0 Å². The topological polar surface area (TPSA) is 38.8 Å². The molecule has 0 aromatic heterocycles. The van der Waals surface area contributed by atoms with Crippen LogP contribution in [0.5, 0.6) is 5.75 Å². The lowest BCUT2D eigenvalue weighted by Crippen LogP contribution is -2.63. The van der Waals surface area contributed by atoms with Crippen molar-refractivity contribution in [2.24, 2.45) is 0 Å². The van der Waals surface area contributed by atoms with Gasteiger partial charge in [0.25, 0.3) is 5.91 Å². The highest BCUT2D eigenvalue weighted by molar-refractivity contribution is 5.82. The van der Waals surface area contributed by atoms with Crippen molar-refractivity contribution >= 4 is 5.91 Å². The van der Waals surface area contributed by atoms with Gasteiger partial charge in [0.1, 0.15) is 17.5 Å². The zero-order chi connectivity index (χ0) is 15.7. The zero-order valence-electron chi connectivity index (χ0n) is 13.7. The molecule has 22 heavy (non-hydrogen) atoms. The number of hydrogen-bond donors (Lipinski definition) is 0.